The third-order valence-corrected chi connectivity index (χ3v) is 4.91. The van der Waals surface area contributed by atoms with Crippen LogP contribution in [0.4, 0.5) is 0 Å². The first-order chi connectivity index (χ1) is 6.33. The molecular weight excluding hydrogens is 282 g/mol. The summed E-state index contributed by atoms with van der Waals surface area (Å²) >= 11 is 3.22. The molecule has 0 spiro atoms. The van der Waals surface area contributed by atoms with Crippen LogP contribution in [0.3, 0.4) is 0 Å². The number of nitrogens with one attached hydrogen (secondary N) is 1. The smallest absolute Gasteiger partial charge is 0.233 e. The van der Waals surface area contributed by atoms with Crippen LogP contribution in [0.2, 0.25) is 0 Å². The minimum atomic E-state index is -0.0947. The lowest BCUT2D eigenvalue weighted by molar-refractivity contribution is -0.120. The zero-order chi connectivity index (χ0) is 11.2. The SMILES string of the molecule is CC(Br)C(=O)NCCSSC(C)(C)C. The van der Waals surface area contributed by atoms with Gasteiger partial charge in [-0.1, -0.05) is 58.3 Å². The second-order valence-corrected chi connectivity index (χ2v) is 8.54. The summed E-state index contributed by atoms with van der Waals surface area (Å²) in [5, 5.41) is 2.85. The van der Waals surface area contributed by atoms with Gasteiger partial charge in [0, 0.05) is 17.0 Å². The van der Waals surface area contributed by atoms with Crippen LogP contribution >= 0.6 is 37.5 Å². The molecule has 1 unspecified atom stereocenters. The van der Waals surface area contributed by atoms with Crippen molar-refractivity contribution < 1.29 is 4.79 Å². The fraction of sp³-hybridized carbons (Fsp3) is 0.889. The third kappa shape index (κ3) is 9.21. The van der Waals surface area contributed by atoms with Crippen LogP contribution in [0.5, 0.6) is 0 Å². The monoisotopic (exact) mass is 299 g/mol. The quantitative estimate of drug-likeness (QED) is 0.481. The molecule has 0 bridgehead atoms. The number of hydrogen-bond donors (Lipinski definition) is 1. The molecule has 1 N–H and O–H groups in total. The molecule has 0 fully saturated rings. The van der Waals surface area contributed by atoms with Crippen molar-refractivity contribution in [3.05, 3.63) is 0 Å². The number of amides is 1. The van der Waals surface area contributed by atoms with Gasteiger partial charge in [-0.15, -0.1) is 0 Å². The van der Waals surface area contributed by atoms with Crippen molar-refractivity contribution in [2.75, 3.05) is 12.3 Å². The summed E-state index contributed by atoms with van der Waals surface area (Å²) in [5.74, 6) is 1.01. The molecular formula is C9H18BrNOS2. The standard InChI is InChI=1S/C9H18BrNOS2/c1-7(10)8(12)11-5-6-13-14-9(2,3)4/h7H,5-6H2,1-4H3,(H,11,12). The van der Waals surface area contributed by atoms with Gasteiger partial charge in [-0.05, 0) is 6.92 Å². The summed E-state index contributed by atoms with van der Waals surface area (Å²) in [4.78, 5) is 11.0. The minimum absolute atomic E-state index is 0.0614. The van der Waals surface area contributed by atoms with Crippen molar-refractivity contribution in [3.63, 3.8) is 0 Å². The molecule has 84 valence electrons. The number of hydrogen-bond acceptors (Lipinski definition) is 3. The Labute approximate surface area is 103 Å². The van der Waals surface area contributed by atoms with Crippen molar-refractivity contribution in [3.8, 4) is 0 Å². The average molecular weight is 300 g/mol. The van der Waals surface area contributed by atoms with E-state index in [1.807, 2.05) is 17.7 Å². The van der Waals surface area contributed by atoms with Crippen LogP contribution < -0.4 is 5.32 Å². The molecule has 0 radical (unpaired) electrons. The van der Waals surface area contributed by atoms with Crippen molar-refractivity contribution >= 4 is 43.4 Å². The zero-order valence-electron chi connectivity index (χ0n) is 9.09. The van der Waals surface area contributed by atoms with Gasteiger partial charge in [-0.3, -0.25) is 4.79 Å². The fourth-order valence-electron chi connectivity index (χ4n) is 0.575. The molecule has 0 saturated heterocycles. The van der Waals surface area contributed by atoms with Crippen LogP contribution in [-0.4, -0.2) is 27.8 Å². The molecule has 1 amide bonds. The van der Waals surface area contributed by atoms with Crippen LogP contribution in [0.15, 0.2) is 0 Å². The maximum atomic E-state index is 11.1. The van der Waals surface area contributed by atoms with E-state index in [0.29, 0.717) is 0 Å². The third-order valence-electron chi connectivity index (χ3n) is 1.15. The number of rotatable bonds is 5. The molecule has 0 saturated carbocycles. The highest BCUT2D eigenvalue weighted by atomic mass is 79.9. The Morgan fingerprint density at radius 1 is 1.50 bits per heavy atom. The highest BCUT2D eigenvalue weighted by Gasteiger charge is 2.11. The van der Waals surface area contributed by atoms with Gasteiger partial charge in [0.05, 0.1) is 4.83 Å². The largest absolute Gasteiger partial charge is 0.354 e. The van der Waals surface area contributed by atoms with Gasteiger partial charge >= 0.3 is 0 Å². The number of alkyl halides is 1. The first-order valence-electron chi connectivity index (χ1n) is 4.55. The van der Waals surface area contributed by atoms with E-state index in [0.717, 1.165) is 12.3 Å². The fourth-order valence-corrected chi connectivity index (χ4v) is 2.92. The molecule has 5 heteroatoms. The van der Waals surface area contributed by atoms with Gasteiger partial charge in [0.25, 0.3) is 0 Å². The molecule has 0 aliphatic carbocycles. The van der Waals surface area contributed by atoms with E-state index in [2.05, 4.69) is 42.0 Å². The zero-order valence-corrected chi connectivity index (χ0v) is 12.3. The Bertz CT molecular complexity index is 180. The Hall–Kier alpha value is 0.650. The summed E-state index contributed by atoms with van der Waals surface area (Å²) < 4.78 is 0.289. The average Bonchev–Trinajstić information content (AvgIpc) is 2.01. The summed E-state index contributed by atoms with van der Waals surface area (Å²) in [5.41, 5.74) is 0. The van der Waals surface area contributed by atoms with Gasteiger partial charge in [0.1, 0.15) is 0 Å². The lowest BCUT2D eigenvalue weighted by Crippen LogP contribution is -2.31. The Morgan fingerprint density at radius 2 is 2.07 bits per heavy atom. The molecule has 0 aromatic rings. The predicted molar refractivity (Wildman–Crippen MR) is 71.2 cm³/mol. The maximum absolute atomic E-state index is 11.1. The Balaban J connectivity index is 3.35. The van der Waals surface area contributed by atoms with Crippen molar-refractivity contribution in [2.24, 2.45) is 0 Å². The minimum Gasteiger partial charge on any atom is -0.354 e. The Kier molecular flexibility index (Phi) is 7.34. The number of carbonyl (C=O) groups is 1. The first-order valence-corrected chi connectivity index (χ1v) is 7.79. The predicted octanol–water partition coefficient (Wildman–Crippen LogP) is 3.07. The van der Waals surface area contributed by atoms with E-state index < -0.39 is 0 Å². The summed E-state index contributed by atoms with van der Waals surface area (Å²) in [7, 11) is 3.65. The highest BCUT2D eigenvalue weighted by molar-refractivity contribution is 9.10. The normalized spacial score (nSPS) is 13.8. The lowest BCUT2D eigenvalue weighted by atomic mass is 10.3. The second kappa shape index (κ2) is 7.01. The molecule has 0 aromatic heterocycles. The maximum Gasteiger partial charge on any atom is 0.233 e. The van der Waals surface area contributed by atoms with Crippen LogP contribution in [-0.2, 0) is 4.79 Å². The van der Waals surface area contributed by atoms with Gasteiger partial charge in [-0.25, -0.2) is 0 Å². The van der Waals surface area contributed by atoms with E-state index in [-0.39, 0.29) is 15.5 Å². The van der Waals surface area contributed by atoms with E-state index in [9.17, 15) is 4.79 Å². The summed E-state index contributed by atoms with van der Waals surface area (Å²) in [6, 6.07) is 0. The van der Waals surface area contributed by atoms with Crippen LogP contribution in [0.25, 0.3) is 0 Å². The van der Waals surface area contributed by atoms with Crippen LogP contribution in [0, 0.1) is 0 Å². The molecule has 2 nitrogen and oxygen atoms in total. The van der Waals surface area contributed by atoms with Crippen molar-refractivity contribution in [1.82, 2.24) is 5.32 Å². The molecule has 0 aliphatic heterocycles. The topological polar surface area (TPSA) is 29.1 Å². The molecule has 0 rings (SSSR count). The van der Waals surface area contributed by atoms with Crippen molar-refractivity contribution in [2.45, 2.75) is 37.3 Å². The number of carbonyl (C=O) groups excluding carboxylic acids is 1. The van der Waals surface area contributed by atoms with Gasteiger partial charge < -0.3 is 5.32 Å². The summed E-state index contributed by atoms with van der Waals surface area (Å²) in [6.07, 6.45) is 0. The second-order valence-electron chi connectivity index (χ2n) is 3.92. The first kappa shape index (κ1) is 14.6. The summed E-state index contributed by atoms with van der Waals surface area (Å²) in [6.45, 7) is 9.12. The van der Waals surface area contributed by atoms with E-state index in [1.165, 1.54) is 0 Å². The van der Waals surface area contributed by atoms with E-state index in [4.69, 9.17) is 0 Å². The molecule has 0 heterocycles. The molecule has 1 atom stereocenters. The van der Waals surface area contributed by atoms with Gasteiger partial charge in [-0.2, -0.15) is 0 Å². The van der Waals surface area contributed by atoms with E-state index in [1.54, 1.807) is 10.8 Å². The highest BCUT2D eigenvalue weighted by Crippen LogP contribution is 2.34. The van der Waals surface area contributed by atoms with Gasteiger partial charge in [0.15, 0.2) is 0 Å². The Morgan fingerprint density at radius 3 is 2.50 bits per heavy atom. The molecule has 0 aromatic carbocycles. The van der Waals surface area contributed by atoms with E-state index >= 15 is 0 Å². The number of halogens is 1. The molecule has 14 heavy (non-hydrogen) atoms. The lowest BCUT2D eigenvalue weighted by Gasteiger charge is -2.16. The molecule has 0 aliphatic rings. The van der Waals surface area contributed by atoms with Crippen LogP contribution in [0.1, 0.15) is 27.7 Å². The van der Waals surface area contributed by atoms with Crippen molar-refractivity contribution in [1.29, 1.82) is 0 Å². The van der Waals surface area contributed by atoms with Gasteiger partial charge in [0.2, 0.25) is 5.91 Å².